The summed E-state index contributed by atoms with van der Waals surface area (Å²) in [7, 11) is 0. The number of nitrogens with one attached hydrogen (secondary N) is 1. The van der Waals surface area contributed by atoms with Gasteiger partial charge in [0.25, 0.3) is 0 Å². The molecule has 0 aliphatic heterocycles. The maximum absolute atomic E-state index is 11.6. The number of carbonyl (C=O) groups is 2. The van der Waals surface area contributed by atoms with E-state index in [4.69, 9.17) is 10.8 Å². The number of carboxylic acid groups (broad SMARTS) is 1. The fourth-order valence-electron chi connectivity index (χ4n) is 2.53. The van der Waals surface area contributed by atoms with Crippen molar-refractivity contribution in [2.24, 2.45) is 5.73 Å². The van der Waals surface area contributed by atoms with E-state index in [-0.39, 0.29) is 35.5 Å². The summed E-state index contributed by atoms with van der Waals surface area (Å²) in [6, 6.07) is -0.785. The van der Waals surface area contributed by atoms with Gasteiger partial charge in [-0.3, -0.25) is 9.59 Å². The van der Waals surface area contributed by atoms with E-state index >= 15 is 0 Å². The van der Waals surface area contributed by atoms with Crippen LogP contribution >= 0.6 is 0 Å². The van der Waals surface area contributed by atoms with Crippen LogP contribution in [-0.2, 0) is 9.59 Å². The first-order valence-electron chi connectivity index (χ1n) is 9.33. The number of rotatable bonds is 16. The normalized spacial score (nSPS) is 11.6. The van der Waals surface area contributed by atoms with E-state index in [1.54, 1.807) is 0 Å². The van der Waals surface area contributed by atoms with Crippen LogP contribution in [0.15, 0.2) is 0 Å². The van der Waals surface area contributed by atoms with Gasteiger partial charge in [0.2, 0.25) is 5.91 Å². The molecule has 1 amide bonds. The van der Waals surface area contributed by atoms with Gasteiger partial charge in [-0.05, 0) is 25.7 Å². The number of nitrogens with two attached hydrogens (primary N) is 1. The zero-order valence-electron chi connectivity index (χ0n) is 14.8. The maximum atomic E-state index is 11.6. The van der Waals surface area contributed by atoms with Crippen LogP contribution < -0.4 is 11.1 Å². The van der Waals surface area contributed by atoms with Crippen molar-refractivity contribution in [1.82, 2.24) is 5.32 Å². The molecule has 0 aliphatic carbocycles. The summed E-state index contributed by atoms with van der Waals surface area (Å²) in [5, 5.41) is 11.5. The molecule has 1 atom stereocenters. The van der Waals surface area contributed by atoms with E-state index in [1.165, 1.54) is 44.9 Å². The second-order valence-corrected chi connectivity index (χ2v) is 6.37. The molecule has 0 unspecified atom stereocenters. The van der Waals surface area contributed by atoms with E-state index in [9.17, 15) is 9.59 Å². The Bertz CT molecular complexity index is 315. The Morgan fingerprint density at radius 1 is 0.917 bits per heavy atom. The molecule has 0 spiro atoms. The first-order valence-corrected chi connectivity index (χ1v) is 9.33. The number of carboxylic acids is 1. The van der Waals surface area contributed by atoms with Crippen LogP contribution in [0, 0.1) is 0 Å². The average Bonchev–Trinajstić information content (AvgIpc) is 2.52. The van der Waals surface area contributed by atoms with Gasteiger partial charge in [-0.2, -0.15) is 0 Å². The summed E-state index contributed by atoms with van der Waals surface area (Å²) >= 11 is 0. The molecule has 0 radical (unpaired) electrons. The first-order chi connectivity index (χ1) is 11.1. The van der Waals surface area contributed by atoms with Gasteiger partial charge in [0.05, 0.1) is 0 Å². The van der Waals surface area contributed by atoms with Crippen LogP contribution in [0.25, 0.3) is 0 Å². The van der Waals surface area contributed by atoms with E-state index in [1.807, 2.05) is 0 Å². The molecule has 0 heterocycles. The van der Waals surface area contributed by atoms with Crippen molar-refractivity contribution in [2.45, 2.75) is 96.4 Å². The molecule has 4 N–H and O–H groups in total. The van der Waals surface area contributed by atoms with E-state index in [0.717, 1.165) is 25.7 Å². The Morgan fingerprint density at radius 3 is 2.00 bits per heavy atom. The van der Waals surface area contributed by atoms with Gasteiger partial charge in [-0.25, -0.2) is 0 Å². The number of hydrogen-bond donors (Lipinski definition) is 3. The molecule has 24 heavy (non-hydrogen) atoms. The molecule has 6 heteroatoms. The Kier molecular flexibility index (Phi) is 20.9. The molecule has 0 aromatic heterocycles. The summed E-state index contributed by atoms with van der Waals surface area (Å²) in [5.41, 5.74) is 5.41. The quantitative estimate of drug-likeness (QED) is 0.294. The third-order valence-electron chi connectivity index (χ3n) is 4.09. The van der Waals surface area contributed by atoms with Gasteiger partial charge in [0.15, 0.2) is 0 Å². The zero-order chi connectivity index (χ0) is 17.3. The van der Waals surface area contributed by atoms with Crippen molar-refractivity contribution < 1.29 is 14.7 Å². The minimum absolute atomic E-state index is 0. The van der Waals surface area contributed by atoms with Gasteiger partial charge < -0.3 is 16.2 Å². The molecule has 0 aromatic carbocycles. The van der Waals surface area contributed by atoms with Crippen molar-refractivity contribution in [1.29, 1.82) is 0 Å². The van der Waals surface area contributed by atoms with Gasteiger partial charge >= 0.3 is 35.5 Å². The van der Waals surface area contributed by atoms with Gasteiger partial charge in [0, 0.05) is 13.0 Å². The van der Waals surface area contributed by atoms with Crippen molar-refractivity contribution in [3.8, 4) is 0 Å². The third-order valence-corrected chi connectivity index (χ3v) is 4.09. The van der Waals surface area contributed by atoms with Crippen molar-refractivity contribution in [3.63, 3.8) is 0 Å². The topological polar surface area (TPSA) is 92.4 Å². The predicted octanol–water partition coefficient (Wildman–Crippen LogP) is 2.96. The van der Waals surface area contributed by atoms with E-state index < -0.39 is 12.0 Å². The van der Waals surface area contributed by atoms with Gasteiger partial charge in [-0.1, -0.05) is 58.3 Å². The Hall–Kier alpha value is -0.100. The fraction of sp³-hybridized carbons (Fsp3) is 0.889. The zero-order valence-corrected chi connectivity index (χ0v) is 14.8. The number of aliphatic carboxylic acids is 1. The van der Waals surface area contributed by atoms with Crippen LogP contribution in [0.2, 0.25) is 0 Å². The summed E-state index contributed by atoms with van der Waals surface area (Å²) in [6.45, 7) is 2.85. The molecule has 0 saturated carbocycles. The van der Waals surface area contributed by atoms with Crippen LogP contribution in [0.1, 0.15) is 90.4 Å². The molecular weight excluding hydrogens is 315 g/mol. The first kappa shape index (κ1) is 26.1. The third kappa shape index (κ3) is 18.2. The molecule has 0 aliphatic rings. The van der Waals surface area contributed by atoms with E-state index in [0.29, 0.717) is 19.4 Å². The molecule has 5 nitrogen and oxygen atoms in total. The molecule has 0 bridgehead atoms. The number of carbonyl (C=O) groups excluding carboxylic acids is 1. The second-order valence-electron chi connectivity index (χ2n) is 6.37. The van der Waals surface area contributed by atoms with Crippen LogP contribution in [0.3, 0.4) is 0 Å². The monoisotopic (exact) mass is 352 g/mol. The molecule has 138 valence electrons. The van der Waals surface area contributed by atoms with Crippen molar-refractivity contribution >= 4 is 41.4 Å². The number of amides is 1. The van der Waals surface area contributed by atoms with Crippen molar-refractivity contribution in [3.05, 3.63) is 0 Å². The second kappa shape index (κ2) is 19.2. The Morgan fingerprint density at radius 2 is 1.46 bits per heavy atom. The standard InChI is InChI=1S/C18H36N2O3.Na.H/c1-2-3-4-5-6-7-8-9-10-14-17(21)20-15-12-11-13-16(19)18(22)23;;/h16H,2-15,19H2,1H3,(H,20,21)(H,22,23);;/t16-;;/m0../s1. The Balaban J connectivity index is 0. The SMILES string of the molecule is CCCCCCCCCCCC(=O)NCCCC[C@H](N)C(=O)O.[NaH]. The molecule has 0 aromatic rings. The van der Waals surface area contributed by atoms with Crippen LogP contribution in [-0.4, -0.2) is 59.1 Å². The van der Waals surface area contributed by atoms with Crippen LogP contribution in [0.5, 0.6) is 0 Å². The molecule has 0 saturated heterocycles. The number of unbranched alkanes of at least 4 members (excludes halogenated alkanes) is 9. The minimum atomic E-state index is -0.959. The molecule has 0 rings (SSSR count). The van der Waals surface area contributed by atoms with Gasteiger partial charge in [-0.15, -0.1) is 0 Å². The fourth-order valence-corrected chi connectivity index (χ4v) is 2.53. The summed E-state index contributed by atoms with van der Waals surface area (Å²) < 4.78 is 0. The van der Waals surface area contributed by atoms with E-state index in [2.05, 4.69) is 12.2 Å². The summed E-state index contributed by atoms with van der Waals surface area (Å²) in [4.78, 5) is 22.2. The summed E-state index contributed by atoms with van der Waals surface area (Å²) in [6.07, 6.45) is 13.9. The number of hydrogen-bond acceptors (Lipinski definition) is 3. The van der Waals surface area contributed by atoms with Crippen molar-refractivity contribution in [2.75, 3.05) is 6.54 Å². The molecular formula is C18H37N2NaO3. The van der Waals surface area contributed by atoms with Crippen LogP contribution in [0.4, 0.5) is 0 Å². The Labute approximate surface area is 169 Å². The molecule has 0 fully saturated rings. The van der Waals surface area contributed by atoms with Gasteiger partial charge in [0.1, 0.15) is 6.04 Å². The predicted molar refractivity (Wildman–Crippen MR) is 101 cm³/mol. The summed E-state index contributed by atoms with van der Waals surface area (Å²) in [5.74, 6) is -0.852. The average molecular weight is 352 g/mol.